The van der Waals surface area contributed by atoms with Gasteiger partial charge in [-0.2, -0.15) is 0 Å². The minimum Gasteiger partial charge on any atom is -0.295 e. The smallest absolute Gasteiger partial charge is 0.155 e. The van der Waals surface area contributed by atoms with Gasteiger partial charge in [0.25, 0.3) is 0 Å². The Morgan fingerprint density at radius 2 is 2.05 bits per heavy atom. The number of hydrogen-bond acceptors (Lipinski definition) is 1. The highest BCUT2D eigenvalue weighted by Crippen LogP contribution is 2.63. The van der Waals surface area contributed by atoms with E-state index in [9.17, 15) is 4.79 Å². The van der Waals surface area contributed by atoms with Crippen molar-refractivity contribution in [2.75, 3.05) is 0 Å². The second-order valence-electron chi connectivity index (χ2n) is 8.37. The zero-order chi connectivity index (χ0) is 15.2. The van der Waals surface area contributed by atoms with Crippen LogP contribution >= 0.6 is 0 Å². The lowest BCUT2D eigenvalue weighted by molar-refractivity contribution is -0.116. The molecule has 22 heavy (non-hydrogen) atoms. The van der Waals surface area contributed by atoms with Crippen molar-refractivity contribution in [1.82, 2.24) is 0 Å². The van der Waals surface area contributed by atoms with Gasteiger partial charge in [0.15, 0.2) is 5.78 Å². The minimum absolute atomic E-state index is 0.392. The topological polar surface area (TPSA) is 17.1 Å². The SMILES string of the molecule is C/C=C\C[C@@]12CCC[C@H]1[C@@H]1CCC3=CC(=O)CC[C@@H]3[C@H]1CC2. The van der Waals surface area contributed by atoms with E-state index in [2.05, 4.69) is 19.1 Å². The molecule has 0 heterocycles. The van der Waals surface area contributed by atoms with Gasteiger partial charge in [0.1, 0.15) is 0 Å². The number of ketones is 1. The molecule has 120 valence electrons. The Balaban J connectivity index is 1.59. The van der Waals surface area contributed by atoms with E-state index in [1.165, 1.54) is 56.9 Å². The number of rotatable bonds is 2. The van der Waals surface area contributed by atoms with Crippen molar-refractivity contribution in [3.8, 4) is 0 Å². The summed E-state index contributed by atoms with van der Waals surface area (Å²) in [7, 11) is 0. The average Bonchev–Trinajstić information content (AvgIpc) is 2.96. The highest BCUT2D eigenvalue weighted by atomic mass is 16.1. The average molecular weight is 298 g/mol. The molecule has 4 rings (SSSR count). The Kier molecular flexibility index (Phi) is 3.78. The van der Waals surface area contributed by atoms with Gasteiger partial charge in [0.05, 0.1) is 0 Å². The van der Waals surface area contributed by atoms with Crippen LogP contribution in [-0.4, -0.2) is 5.78 Å². The van der Waals surface area contributed by atoms with E-state index >= 15 is 0 Å². The van der Waals surface area contributed by atoms with Crippen LogP contribution in [0.3, 0.4) is 0 Å². The molecule has 3 saturated carbocycles. The van der Waals surface area contributed by atoms with Crippen molar-refractivity contribution >= 4 is 5.78 Å². The summed E-state index contributed by atoms with van der Waals surface area (Å²) in [6.45, 7) is 2.17. The standard InChI is InChI=1S/C21H30O/c1-2-3-11-21-12-4-5-20(21)19-8-6-15-14-16(22)7-9-17(15)18(19)10-13-21/h2-3,14,17-20H,4-13H2,1H3/b3-2-/t17-,18+,19+,20-,21-/m0/s1. The van der Waals surface area contributed by atoms with Crippen molar-refractivity contribution in [3.05, 3.63) is 23.8 Å². The molecule has 0 unspecified atom stereocenters. The van der Waals surface area contributed by atoms with Crippen LogP contribution in [0.5, 0.6) is 0 Å². The van der Waals surface area contributed by atoms with Gasteiger partial charge < -0.3 is 0 Å². The predicted octanol–water partition coefficient (Wildman–Crippen LogP) is 5.46. The molecule has 0 spiro atoms. The molecule has 5 atom stereocenters. The predicted molar refractivity (Wildman–Crippen MR) is 90.5 cm³/mol. The molecule has 4 aliphatic rings. The molecule has 0 radical (unpaired) electrons. The number of carbonyl (C=O) groups excluding carboxylic acids is 1. The summed E-state index contributed by atoms with van der Waals surface area (Å²) in [5, 5.41) is 0. The van der Waals surface area contributed by atoms with Crippen LogP contribution in [0.4, 0.5) is 0 Å². The number of allylic oxidation sites excluding steroid dienone is 3. The number of carbonyl (C=O) groups is 1. The first-order chi connectivity index (χ1) is 10.7. The quantitative estimate of drug-likeness (QED) is 0.618. The van der Waals surface area contributed by atoms with E-state index in [4.69, 9.17) is 0 Å². The molecule has 0 amide bonds. The summed E-state index contributed by atoms with van der Waals surface area (Å²) in [6, 6.07) is 0. The Bertz CT molecular complexity index is 514. The van der Waals surface area contributed by atoms with E-state index in [0.717, 1.165) is 36.5 Å². The molecule has 0 saturated heterocycles. The highest BCUT2D eigenvalue weighted by Gasteiger charge is 2.53. The molecule has 1 heteroatoms. The highest BCUT2D eigenvalue weighted by molar-refractivity contribution is 5.91. The summed E-state index contributed by atoms with van der Waals surface area (Å²) >= 11 is 0. The maximum atomic E-state index is 11.7. The van der Waals surface area contributed by atoms with Gasteiger partial charge in [0, 0.05) is 6.42 Å². The zero-order valence-electron chi connectivity index (χ0n) is 14.0. The maximum absolute atomic E-state index is 11.7. The van der Waals surface area contributed by atoms with Gasteiger partial charge in [-0.05, 0) is 93.5 Å². The third kappa shape index (κ3) is 2.23. The molecular formula is C21H30O. The second kappa shape index (κ2) is 5.65. The minimum atomic E-state index is 0.392. The summed E-state index contributed by atoms with van der Waals surface area (Å²) in [5.74, 6) is 3.98. The van der Waals surface area contributed by atoms with Gasteiger partial charge in [-0.3, -0.25) is 4.79 Å². The molecule has 4 aliphatic carbocycles. The third-order valence-electron chi connectivity index (χ3n) is 7.59. The van der Waals surface area contributed by atoms with Gasteiger partial charge in [-0.25, -0.2) is 0 Å². The van der Waals surface area contributed by atoms with Crippen LogP contribution in [-0.2, 0) is 4.79 Å². The Labute approximate surface area is 135 Å². The van der Waals surface area contributed by atoms with Gasteiger partial charge >= 0.3 is 0 Å². The van der Waals surface area contributed by atoms with Gasteiger partial charge in [-0.15, -0.1) is 0 Å². The van der Waals surface area contributed by atoms with Crippen LogP contribution in [0.25, 0.3) is 0 Å². The first-order valence-electron chi connectivity index (χ1n) is 9.58. The fourth-order valence-corrected chi connectivity index (χ4v) is 6.68. The molecule has 1 nitrogen and oxygen atoms in total. The fraction of sp³-hybridized carbons (Fsp3) is 0.762. The largest absolute Gasteiger partial charge is 0.295 e. The Morgan fingerprint density at radius 1 is 1.14 bits per heavy atom. The first-order valence-corrected chi connectivity index (χ1v) is 9.58. The van der Waals surface area contributed by atoms with Crippen molar-refractivity contribution < 1.29 is 4.79 Å². The fourth-order valence-electron chi connectivity index (χ4n) is 6.68. The summed E-state index contributed by atoms with van der Waals surface area (Å²) in [6.07, 6.45) is 19.9. The normalized spacial score (nSPS) is 44.4. The lowest BCUT2D eigenvalue weighted by Gasteiger charge is -2.53. The molecule has 0 bridgehead atoms. The van der Waals surface area contributed by atoms with Crippen molar-refractivity contribution in [3.63, 3.8) is 0 Å². The van der Waals surface area contributed by atoms with Crippen LogP contribution in [0.1, 0.15) is 71.1 Å². The Hall–Kier alpha value is -0.850. The Morgan fingerprint density at radius 3 is 2.91 bits per heavy atom. The number of hydrogen-bond donors (Lipinski definition) is 0. The molecule has 0 aromatic rings. The molecule has 3 fully saturated rings. The summed E-state index contributed by atoms with van der Waals surface area (Å²) in [5.41, 5.74) is 2.16. The second-order valence-corrected chi connectivity index (χ2v) is 8.37. The van der Waals surface area contributed by atoms with Crippen LogP contribution in [0, 0.1) is 29.1 Å². The summed E-state index contributed by atoms with van der Waals surface area (Å²) in [4.78, 5) is 11.7. The zero-order valence-corrected chi connectivity index (χ0v) is 14.0. The molecule has 0 aromatic carbocycles. The summed E-state index contributed by atoms with van der Waals surface area (Å²) < 4.78 is 0. The van der Waals surface area contributed by atoms with E-state index in [1.54, 1.807) is 0 Å². The van der Waals surface area contributed by atoms with Crippen molar-refractivity contribution in [2.45, 2.75) is 71.1 Å². The van der Waals surface area contributed by atoms with Gasteiger partial charge in [-0.1, -0.05) is 24.1 Å². The molecule has 0 aromatic heterocycles. The lowest BCUT2D eigenvalue weighted by Crippen LogP contribution is -2.45. The number of fused-ring (bicyclic) bond motifs is 5. The van der Waals surface area contributed by atoms with Crippen molar-refractivity contribution in [2.24, 2.45) is 29.1 Å². The van der Waals surface area contributed by atoms with Crippen molar-refractivity contribution in [1.29, 1.82) is 0 Å². The molecular weight excluding hydrogens is 268 g/mol. The van der Waals surface area contributed by atoms with E-state index in [-0.39, 0.29) is 0 Å². The maximum Gasteiger partial charge on any atom is 0.155 e. The van der Waals surface area contributed by atoms with Gasteiger partial charge in [0.2, 0.25) is 0 Å². The van der Waals surface area contributed by atoms with Crippen LogP contribution < -0.4 is 0 Å². The first kappa shape index (κ1) is 14.7. The van der Waals surface area contributed by atoms with Crippen LogP contribution in [0.15, 0.2) is 23.8 Å². The lowest BCUT2D eigenvalue weighted by atomic mass is 9.51. The van der Waals surface area contributed by atoms with E-state index in [1.807, 2.05) is 6.08 Å². The monoisotopic (exact) mass is 298 g/mol. The molecule has 0 N–H and O–H groups in total. The van der Waals surface area contributed by atoms with E-state index < -0.39 is 0 Å². The molecule has 0 aliphatic heterocycles. The van der Waals surface area contributed by atoms with Crippen LogP contribution in [0.2, 0.25) is 0 Å². The third-order valence-corrected chi connectivity index (χ3v) is 7.59. The van der Waals surface area contributed by atoms with E-state index in [0.29, 0.717) is 11.2 Å².